The fraction of sp³-hybridized carbons (Fsp3) is 0.708. The Labute approximate surface area is 206 Å². The van der Waals surface area contributed by atoms with Crippen LogP contribution in [0.25, 0.3) is 0 Å². The van der Waals surface area contributed by atoms with Crippen LogP contribution in [-0.4, -0.2) is 70.1 Å². The number of nitrogens with zero attached hydrogens (tertiary/aromatic N) is 4. The van der Waals surface area contributed by atoms with Crippen molar-refractivity contribution in [2.45, 2.75) is 71.8 Å². The Balaban J connectivity index is 1.52. The number of hydrogen-bond donors (Lipinski definition) is 4. The van der Waals surface area contributed by atoms with Gasteiger partial charge in [0, 0.05) is 56.5 Å². The van der Waals surface area contributed by atoms with Crippen LogP contribution in [0.3, 0.4) is 0 Å². The van der Waals surface area contributed by atoms with Gasteiger partial charge in [0.2, 0.25) is 17.8 Å². The molecule has 4 rings (SSSR count). The summed E-state index contributed by atoms with van der Waals surface area (Å²) >= 11 is 0. The van der Waals surface area contributed by atoms with Gasteiger partial charge in [-0.2, -0.15) is 4.98 Å². The molecule has 1 atom stereocenters. The Kier molecular flexibility index (Phi) is 7.32. The molecule has 4 N–H and O–H groups in total. The summed E-state index contributed by atoms with van der Waals surface area (Å²) < 4.78 is 0. The molecular weight excluding hydrogens is 450 g/mol. The lowest BCUT2D eigenvalue weighted by molar-refractivity contribution is -0.128. The number of rotatable bonds is 7. The molecule has 192 valence electrons. The number of amides is 3. The molecule has 3 heterocycles. The van der Waals surface area contributed by atoms with E-state index in [0.717, 1.165) is 68.7 Å². The SMILES string of the molecule is CC(=O)NNC(=O)C[C@H](CC(C)C)Nc1nc(N2CCC3(CN(C(=O)O)C3)C2)nc2c1CCCC2. The lowest BCUT2D eigenvalue weighted by Crippen LogP contribution is -2.59. The predicted octanol–water partition coefficient (Wildman–Crippen LogP) is 1.93. The molecule has 11 heteroatoms. The van der Waals surface area contributed by atoms with Crippen molar-refractivity contribution in [2.24, 2.45) is 11.3 Å². The second kappa shape index (κ2) is 10.2. The number of hydrazine groups is 1. The molecule has 1 aliphatic carbocycles. The normalized spacial score (nSPS) is 19.2. The van der Waals surface area contributed by atoms with E-state index < -0.39 is 6.09 Å². The molecule has 2 saturated heterocycles. The summed E-state index contributed by atoms with van der Waals surface area (Å²) in [5, 5.41) is 12.8. The molecule has 0 radical (unpaired) electrons. The van der Waals surface area contributed by atoms with Gasteiger partial charge in [0.05, 0.1) is 5.69 Å². The van der Waals surface area contributed by atoms with Gasteiger partial charge in [0.25, 0.3) is 0 Å². The summed E-state index contributed by atoms with van der Waals surface area (Å²) in [5.41, 5.74) is 7.00. The quantitative estimate of drug-likeness (QED) is 0.428. The molecule has 0 saturated carbocycles. The van der Waals surface area contributed by atoms with Crippen molar-refractivity contribution < 1.29 is 19.5 Å². The molecule has 11 nitrogen and oxygen atoms in total. The van der Waals surface area contributed by atoms with Gasteiger partial charge >= 0.3 is 6.09 Å². The van der Waals surface area contributed by atoms with Gasteiger partial charge in [-0.25, -0.2) is 9.78 Å². The summed E-state index contributed by atoms with van der Waals surface area (Å²) in [6, 6.07) is -0.141. The largest absolute Gasteiger partial charge is 0.465 e. The van der Waals surface area contributed by atoms with E-state index in [9.17, 15) is 19.5 Å². The topological polar surface area (TPSA) is 140 Å². The third-order valence-corrected chi connectivity index (χ3v) is 7.12. The van der Waals surface area contributed by atoms with E-state index in [1.165, 1.54) is 11.8 Å². The van der Waals surface area contributed by atoms with Crippen LogP contribution in [0.5, 0.6) is 0 Å². The van der Waals surface area contributed by atoms with Crippen LogP contribution < -0.4 is 21.1 Å². The number of aromatic nitrogens is 2. The van der Waals surface area contributed by atoms with Crippen LogP contribution in [0.4, 0.5) is 16.6 Å². The van der Waals surface area contributed by atoms with Gasteiger partial charge in [-0.3, -0.25) is 20.4 Å². The zero-order valence-corrected chi connectivity index (χ0v) is 20.9. The van der Waals surface area contributed by atoms with Crippen molar-refractivity contribution >= 4 is 29.7 Å². The Morgan fingerprint density at radius 3 is 2.51 bits per heavy atom. The first-order chi connectivity index (χ1) is 16.6. The monoisotopic (exact) mass is 487 g/mol. The maximum absolute atomic E-state index is 12.4. The number of anilines is 2. The van der Waals surface area contributed by atoms with Crippen molar-refractivity contribution in [3.8, 4) is 0 Å². The number of carbonyl (C=O) groups excluding carboxylic acids is 2. The molecule has 3 amide bonds. The summed E-state index contributed by atoms with van der Waals surface area (Å²) in [6.45, 7) is 8.27. The molecular formula is C24H37N7O4. The van der Waals surface area contributed by atoms with Gasteiger partial charge in [0.15, 0.2) is 0 Å². The molecule has 1 spiro atoms. The minimum Gasteiger partial charge on any atom is -0.465 e. The fourth-order valence-electron chi connectivity index (χ4n) is 5.49. The Morgan fingerprint density at radius 2 is 1.83 bits per heavy atom. The smallest absolute Gasteiger partial charge is 0.407 e. The van der Waals surface area contributed by atoms with Crippen molar-refractivity contribution in [1.29, 1.82) is 0 Å². The zero-order valence-electron chi connectivity index (χ0n) is 20.9. The Bertz CT molecular complexity index is 977. The highest BCUT2D eigenvalue weighted by atomic mass is 16.4. The van der Waals surface area contributed by atoms with E-state index in [2.05, 4.69) is 34.9 Å². The van der Waals surface area contributed by atoms with Crippen LogP contribution in [0.1, 0.15) is 64.1 Å². The molecule has 0 unspecified atom stereocenters. The van der Waals surface area contributed by atoms with Crippen LogP contribution >= 0.6 is 0 Å². The highest BCUT2D eigenvalue weighted by molar-refractivity contribution is 5.81. The maximum Gasteiger partial charge on any atom is 0.407 e. The minimum absolute atomic E-state index is 0.00672. The number of carbonyl (C=O) groups is 3. The van der Waals surface area contributed by atoms with Crippen LogP contribution in [0, 0.1) is 11.3 Å². The van der Waals surface area contributed by atoms with Gasteiger partial charge in [-0.1, -0.05) is 13.8 Å². The fourth-order valence-corrected chi connectivity index (χ4v) is 5.49. The number of carboxylic acid groups (broad SMARTS) is 1. The van der Waals surface area contributed by atoms with E-state index in [0.29, 0.717) is 25.0 Å². The van der Waals surface area contributed by atoms with Crippen LogP contribution in [0.2, 0.25) is 0 Å². The van der Waals surface area contributed by atoms with E-state index in [1.54, 1.807) is 0 Å². The molecule has 1 aromatic rings. The zero-order chi connectivity index (χ0) is 25.2. The van der Waals surface area contributed by atoms with Crippen molar-refractivity contribution in [3.63, 3.8) is 0 Å². The number of aryl methyl sites for hydroxylation is 1. The maximum atomic E-state index is 12.4. The first kappa shape index (κ1) is 25.0. The van der Waals surface area contributed by atoms with Crippen molar-refractivity contribution in [3.05, 3.63) is 11.3 Å². The third kappa shape index (κ3) is 5.94. The molecule has 3 aliphatic rings. The molecule has 35 heavy (non-hydrogen) atoms. The van der Waals surface area contributed by atoms with Gasteiger partial charge in [-0.05, 0) is 44.4 Å². The summed E-state index contributed by atoms with van der Waals surface area (Å²) in [6.07, 6.45) is 5.05. The predicted molar refractivity (Wildman–Crippen MR) is 131 cm³/mol. The Hall–Kier alpha value is -3.11. The molecule has 1 aromatic heterocycles. The molecule has 0 bridgehead atoms. The first-order valence-electron chi connectivity index (χ1n) is 12.6. The van der Waals surface area contributed by atoms with Gasteiger partial charge < -0.3 is 20.2 Å². The summed E-state index contributed by atoms with van der Waals surface area (Å²) in [7, 11) is 0. The lowest BCUT2D eigenvalue weighted by atomic mass is 9.79. The standard InChI is InChI=1S/C24H37N7O4/c1-15(2)10-17(11-20(33)29-28-16(3)32)25-21-18-6-4-5-7-19(18)26-22(27-21)30-9-8-24(12-30)13-31(14-24)23(34)35/h15,17H,4-14H2,1-3H3,(H,28,32)(H,29,33)(H,34,35)(H,25,26,27)/t17-/m0/s1. The second-order valence-electron chi connectivity index (χ2n) is 10.7. The Morgan fingerprint density at radius 1 is 1.09 bits per heavy atom. The lowest BCUT2D eigenvalue weighted by Gasteiger charge is -2.46. The molecule has 0 aromatic carbocycles. The van der Waals surface area contributed by atoms with E-state index in [-0.39, 0.29) is 29.7 Å². The molecule has 2 fully saturated rings. The first-order valence-corrected chi connectivity index (χ1v) is 12.6. The average molecular weight is 488 g/mol. The summed E-state index contributed by atoms with van der Waals surface area (Å²) in [4.78, 5) is 48.3. The number of nitrogens with one attached hydrogen (secondary N) is 3. The second-order valence-corrected chi connectivity index (χ2v) is 10.7. The average Bonchev–Trinajstić information content (AvgIpc) is 3.22. The van der Waals surface area contributed by atoms with E-state index in [4.69, 9.17) is 9.97 Å². The van der Waals surface area contributed by atoms with E-state index >= 15 is 0 Å². The summed E-state index contributed by atoms with van der Waals surface area (Å²) in [5.74, 6) is 1.28. The highest BCUT2D eigenvalue weighted by Gasteiger charge is 2.50. The minimum atomic E-state index is -0.857. The van der Waals surface area contributed by atoms with Crippen LogP contribution in [-0.2, 0) is 22.4 Å². The van der Waals surface area contributed by atoms with Crippen LogP contribution in [0.15, 0.2) is 0 Å². The molecule has 2 aliphatic heterocycles. The number of likely N-dealkylation sites (tertiary alicyclic amines) is 1. The van der Waals surface area contributed by atoms with Gasteiger partial charge in [0.1, 0.15) is 5.82 Å². The number of hydrogen-bond acceptors (Lipinski definition) is 7. The van der Waals surface area contributed by atoms with Crippen molar-refractivity contribution in [2.75, 3.05) is 36.4 Å². The van der Waals surface area contributed by atoms with E-state index in [1.807, 2.05) is 0 Å². The third-order valence-electron chi connectivity index (χ3n) is 7.12. The number of fused-ring (bicyclic) bond motifs is 1. The van der Waals surface area contributed by atoms with Crippen molar-refractivity contribution in [1.82, 2.24) is 25.7 Å². The highest BCUT2D eigenvalue weighted by Crippen LogP contribution is 2.41. The van der Waals surface area contributed by atoms with Gasteiger partial charge in [-0.15, -0.1) is 0 Å².